The van der Waals surface area contributed by atoms with Crippen LogP contribution in [-0.4, -0.2) is 58.5 Å². The lowest BCUT2D eigenvalue weighted by Crippen LogP contribution is -2.52. The minimum Gasteiger partial charge on any atom is -0.383 e. The van der Waals surface area contributed by atoms with Gasteiger partial charge in [0.05, 0.1) is 5.37 Å². The molecule has 1 N–H and O–H groups in total. The molecule has 1 fully saturated rings. The van der Waals surface area contributed by atoms with E-state index in [4.69, 9.17) is 0 Å². The number of carbonyl (C=O) groups excluding carboxylic acids is 1. The summed E-state index contributed by atoms with van der Waals surface area (Å²) in [4.78, 5) is 15.9. The molecule has 17 heavy (non-hydrogen) atoms. The predicted octanol–water partition coefficient (Wildman–Crippen LogP) is 0.813. The van der Waals surface area contributed by atoms with E-state index in [1.54, 1.807) is 4.90 Å². The minimum atomic E-state index is -0.838. The molecule has 1 heterocycles. The van der Waals surface area contributed by atoms with Gasteiger partial charge >= 0.3 is 0 Å². The zero-order valence-electron chi connectivity index (χ0n) is 11.0. The molecule has 1 aliphatic rings. The van der Waals surface area contributed by atoms with Crippen LogP contribution in [-0.2, 0) is 4.79 Å². The first-order valence-corrected chi connectivity index (χ1v) is 6.82. The van der Waals surface area contributed by atoms with Gasteiger partial charge in [-0.3, -0.25) is 9.69 Å². The highest BCUT2D eigenvalue weighted by atomic mass is 32.1. The summed E-state index contributed by atoms with van der Waals surface area (Å²) in [5, 5.41) is 10.0. The van der Waals surface area contributed by atoms with E-state index in [9.17, 15) is 9.90 Å². The SMILES string of the molecule is CC(C)CC(O)C(=O)N1CCN(C(C)S)CC1. The van der Waals surface area contributed by atoms with Crippen molar-refractivity contribution >= 4 is 18.5 Å². The van der Waals surface area contributed by atoms with Crippen molar-refractivity contribution in [2.24, 2.45) is 5.92 Å². The van der Waals surface area contributed by atoms with E-state index < -0.39 is 6.10 Å². The van der Waals surface area contributed by atoms with Crippen molar-refractivity contribution in [3.63, 3.8) is 0 Å². The maximum atomic E-state index is 11.9. The molecule has 0 spiro atoms. The van der Waals surface area contributed by atoms with Crippen molar-refractivity contribution < 1.29 is 9.90 Å². The van der Waals surface area contributed by atoms with E-state index in [0.717, 1.165) is 13.1 Å². The van der Waals surface area contributed by atoms with Gasteiger partial charge < -0.3 is 10.0 Å². The van der Waals surface area contributed by atoms with Gasteiger partial charge in [-0.05, 0) is 19.3 Å². The third kappa shape index (κ3) is 4.48. The summed E-state index contributed by atoms with van der Waals surface area (Å²) in [6, 6.07) is 0. The number of aliphatic hydroxyl groups excluding tert-OH is 1. The van der Waals surface area contributed by atoms with Gasteiger partial charge in [0, 0.05) is 26.2 Å². The third-order valence-electron chi connectivity index (χ3n) is 3.13. The highest BCUT2D eigenvalue weighted by molar-refractivity contribution is 7.80. The van der Waals surface area contributed by atoms with E-state index in [0.29, 0.717) is 25.4 Å². The van der Waals surface area contributed by atoms with Gasteiger partial charge in [0.1, 0.15) is 6.10 Å². The number of aliphatic hydroxyl groups is 1. The maximum absolute atomic E-state index is 11.9. The molecule has 0 aliphatic carbocycles. The number of thiol groups is 1. The number of amides is 1. The highest BCUT2D eigenvalue weighted by Crippen LogP contribution is 2.12. The Kier molecular flexibility index (Phi) is 5.76. The number of piperazine rings is 1. The summed E-state index contributed by atoms with van der Waals surface area (Å²) in [5.41, 5.74) is 0. The normalized spacial score (nSPS) is 21.6. The summed E-state index contributed by atoms with van der Waals surface area (Å²) in [6.07, 6.45) is -0.294. The monoisotopic (exact) mass is 260 g/mol. The van der Waals surface area contributed by atoms with Crippen LogP contribution in [0.4, 0.5) is 0 Å². The zero-order chi connectivity index (χ0) is 13.0. The van der Waals surface area contributed by atoms with Crippen LogP contribution >= 0.6 is 12.6 Å². The molecular weight excluding hydrogens is 236 g/mol. The van der Waals surface area contributed by atoms with Gasteiger partial charge in [-0.25, -0.2) is 0 Å². The molecule has 1 rings (SSSR count). The minimum absolute atomic E-state index is 0.120. The Balaban J connectivity index is 2.40. The molecule has 0 aromatic heterocycles. The van der Waals surface area contributed by atoms with Gasteiger partial charge in [-0.1, -0.05) is 13.8 Å². The number of nitrogens with zero attached hydrogens (tertiary/aromatic N) is 2. The van der Waals surface area contributed by atoms with Crippen molar-refractivity contribution in [1.82, 2.24) is 9.80 Å². The van der Waals surface area contributed by atoms with Gasteiger partial charge in [0.25, 0.3) is 5.91 Å². The van der Waals surface area contributed by atoms with E-state index in [1.165, 1.54) is 0 Å². The topological polar surface area (TPSA) is 43.8 Å². The van der Waals surface area contributed by atoms with E-state index in [2.05, 4.69) is 17.5 Å². The Morgan fingerprint density at radius 1 is 1.24 bits per heavy atom. The van der Waals surface area contributed by atoms with Crippen LogP contribution < -0.4 is 0 Å². The Bertz CT molecular complexity index is 251. The molecule has 2 unspecified atom stereocenters. The average molecular weight is 260 g/mol. The Labute approximate surface area is 109 Å². The van der Waals surface area contributed by atoms with Crippen LogP contribution in [0.2, 0.25) is 0 Å². The second-order valence-corrected chi connectivity index (χ2v) is 5.89. The molecule has 1 amide bonds. The average Bonchev–Trinajstić information content (AvgIpc) is 2.27. The summed E-state index contributed by atoms with van der Waals surface area (Å²) in [6.45, 7) is 9.12. The van der Waals surface area contributed by atoms with Crippen molar-refractivity contribution in [3.05, 3.63) is 0 Å². The number of hydrogen-bond acceptors (Lipinski definition) is 4. The van der Waals surface area contributed by atoms with E-state index in [-0.39, 0.29) is 11.3 Å². The quantitative estimate of drug-likeness (QED) is 0.735. The summed E-state index contributed by atoms with van der Waals surface area (Å²) >= 11 is 4.38. The van der Waals surface area contributed by atoms with Crippen LogP contribution in [0.5, 0.6) is 0 Å². The van der Waals surface area contributed by atoms with E-state index >= 15 is 0 Å². The molecule has 2 atom stereocenters. The molecule has 0 bridgehead atoms. The second-order valence-electron chi connectivity index (χ2n) is 5.14. The zero-order valence-corrected chi connectivity index (χ0v) is 11.9. The van der Waals surface area contributed by atoms with Crippen molar-refractivity contribution in [2.45, 2.75) is 38.7 Å². The summed E-state index contributed by atoms with van der Waals surface area (Å²) in [5.74, 6) is 0.220. The molecule has 1 saturated heterocycles. The first-order valence-electron chi connectivity index (χ1n) is 6.30. The van der Waals surface area contributed by atoms with E-state index in [1.807, 2.05) is 20.8 Å². The van der Waals surface area contributed by atoms with Crippen molar-refractivity contribution in [3.8, 4) is 0 Å². The van der Waals surface area contributed by atoms with Crippen LogP contribution in [0.3, 0.4) is 0 Å². The fourth-order valence-corrected chi connectivity index (χ4v) is 2.31. The maximum Gasteiger partial charge on any atom is 0.251 e. The van der Waals surface area contributed by atoms with Gasteiger partial charge in [-0.15, -0.1) is 0 Å². The number of hydrogen-bond donors (Lipinski definition) is 2. The van der Waals surface area contributed by atoms with Crippen LogP contribution in [0.15, 0.2) is 0 Å². The van der Waals surface area contributed by atoms with Gasteiger partial charge in [0.15, 0.2) is 0 Å². The molecule has 0 aromatic rings. The molecule has 5 heteroatoms. The second kappa shape index (κ2) is 6.61. The smallest absolute Gasteiger partial charge is 0.251 e. The molecule has 4 nitrogen and oxygen atoms in total. The third-order valence-corrected chi connectivity index (χ3v) is 3.46. The molecule has 0 aromatic carbocycles. The first kappa shape index (κ1) is 14.8. The summed E-state index contributed by atoms with van der Waals surface area (Å²) < 4.78 is 0. The first-order chi connectivity index (χ1) is 7.91. The van der Waals surface area contributed by atoms with Gasteiger partial charge in [-0.2, -0.15) is 12.6 Å². The van der Waals surface area contributed by atoms with Crippen LogP contribution in [0.25, 0.3) is 0 Å². The molecule has 100 valence electrons. The molecule has 0 radical (unpaired) electrons. The fourth-order valence-electron chi connectivity index (χ4n) is 2.07. The summed E-state index contributed by atoms with van der Waals surface area (Å²) in [7, 11) is 0. The number of rotatable bonds is 4. The Morgan fingerprint density at radius 3 is 2.18 bits per heavy atom. The van der Waals surface area contributed by atoms with Crippen LogP contribution in [0, 0.1) is 5.92 Å². The lowest BCUT2D eigenvalue weighted by molar-refractivity contribution is -0.142. The Morgan fingerprint density at radius 2 is 1.76 bits per heavy atom. The highest BCUT2D eigenvalue weighted by Gasteiger charge is 2.27. The molecular formula is C12H24N2O2S. The molecule has 0 saturated carbocycles. The fraction of sp³-hybridized carbons (Fsp3) is 0.917. The largest absolute Gasteiger partial charge is 0.383 e. The lowest BCUT2D eigenvalue weighted by atomic mass is 10.0. The standard InChI is InChI=1S/C12H24N2O2S/c1-9(2)8-11(15)12(16)14-6-4-13(5-7-14)10(3)17/h9-11,15,17H,4-8H2,1-3H3. The van der Waals surface area contributed by atoms with Gasteiger partial charge in [0.2, 0.25) is 0 Å². The van der Waals surface area contributed by atoms with Crippen molar-refractivity contribution in [1.29, 1.82) is 0 Å². The number of carbonyl (C=O) groups is 1. The lowest BCUT2D eigenvalue weighted by Gasteiger charge is -2.37. The molecule has 1 aliphatic heterocycles. The Hall–Kier alpha value is -0.260. The van der Waals surface area contributed by atoms with Crippen LogP contribution in [0.1, 0.15) is 27.2 Å². The van der Waals surface area contributed by atoms with Crippen molar-refractivity contribution in [2.75, 3.05) is 26.2 Å². The predicted molar refractivity (Wildman–Crippen MR) is 72.1 cm³/mol.